The lowest BCUT2D eigenvalue weighted by Gasteiger charge is -2.15. The number of rotatable bonds is 5. The fourth-order valence-corrected chi connectivity index (χ4v) is 2.36. The van der Waals surface area contributed by atoms with Crippen molar-refractivity contribution in [3.8, 4) is 0 Å². The quantitative estimate of drug-likeness (QED) is 0.909. The Kier molecular flexibility index (Phi) is 4.10. The summed E-state index contributed by atoms with van der Waals surface area (Å²) in [5.74, 6) is 0.00908. The highest BCUT2D eigenvalue weighted by atomic mass is 35.5. The molecule has 5 heteroatoms. The summed E-state index contributed by atoms with van der Waals surface area (Å²) in [6, 6.07) is 5.89. The van der Waals surface area contributed by atoms with E-state index in [4.69, 9.17) is 16.7 Å². The number of imidazole rings is 1. The summed E-state index contributed by atoms with van der Waals surface area (Å²) in [6.45, 7) is 4.22. The van der Waals surface area contributed by atoms with Crippen LogP contribution in [0.2, 0.25) is 5.02 Å². The summed E-state index contributed by atoms with van der Waals surface area (Å²) in [5.41, 5.74) is 1.84. The van der Waals surface area contributed by atoms with E-state index in [0.717, 1.165) is 23.3 Å². The van der Waals surface area contributed by atoms with E-state index in [1.165, 1.54) is 0 Å². The molecular formula is C14H17ClN2O2. The van der Waals surface area contributed by atoms with Gasteiger partial charge in [0.05, 0.1) is 17.5 Å². The van der Waals surface area contributed by atoms with Gasteiger partial charge in [-0.25, -0.2) is 4.98 Å². The number of carboxylic acids is 1. The first-order valence-corrected chi connectivity index (χ1v) is 6.79. The average Bonchev–Trinajstić information content (AvgIpc) is 2.72. The maximum absolute atomic E-state index is 10.7. The molecule has 0 fully saturated rings. The van der Waals surface area contributed by atoms with Crippen LogP contribution in [0.25, 0.3) is 11.0 Å². The van der Waals surface area contributed by atoms with E-state index in [0.29, 0.717) is 11.4 Å². The van der Waals surface area contributed by atoms with E-state index in [1.807, 2.05) is 18.2 Å². The minimum Gasteiger partial charge on any atom is -0.481 e. The Morgan fingerprint density at radius 3 is 2.89 bits per heavy atom. The SMILES string of the molecule is CC[C@@H](C)n1c(CCC(=O)O)nc2cc(Cl)ccc21. The third-order valence-corrected chi connectivity index (χ3v) is 3.55. The number of carbonyl (C=O) groups is 1. The predicted molar refractivity (Wildman–Crippen MR) is 75.7 cm³/mol. The van der Waals surface area contributed by atoms with Gasteiger partial charge in [-0.3, -0.25) is 4.79 Å². The highest BCUT2D eigenvalue weighted by Gasteiger charge is 2.15. The number of hydrogen-bond donors (Lipinski definition) is 1. The molecule has 2 aromatic rings. The van der Waals surface area contributed by atoms with Crippen molar-refractivity contribution in [1.82, 2.24) is 9.55 Å². The van der Waals surface area contributed by atoms with Crippen LogP contribution < -0.4 is 0 Å². The maximum Gasteiger partial charge on any atom is 0.303 e. The van der Waals surface area contributed by atoms with E-state index in [1.54, 1.807) is 0 Å². The van der Waals surface area contributed by atoms with Gasteiger partial charge in [-0.05, 0) is 31.5 Å². The molecule has 4 nitrogen and oxygen atoms in total. The number of aryl methyl sites for hydroxylation is 1. The van der Waals surface area contributed by atoms with E-state index in [9.17, 15) is 4.79 Å². The van der Waals surface area contributed by atoms with Gasteiger partial charge in [0, 0.05) is 17.5 Å². The monoisotopic (exact) mass is 280 g/mol. The van der Waals surface area contributed by atoms with Crippen molar-refractivity contribution in [3.63, 3.8) is 0 Å². The third-order valence-electron chi connectivity index (χ3n) is 3.32. The Labute approximate surface area is 117 Å². The van der Waals surface area contributed by atoms with E-state index in [2.05, 4.69) is 23.4 Å². The standard InChI is InChI=1S/C14H17ClN2O2/c1-3-9(2)17-12-5-4-10(15)8-11(12)16-13(17)6-7-14(18)19/h4-5,8-9H,3,6-7H2,1-2H3,(H,18,19)/t9-/m1/s1. The highest BCUT2D eigenvalue weighted by molar-refractivity contribution is 6.31. The molecule has 2 rings (SSSR count). The van der Waals surface area contributed by atoms with Gasteiger partial charge in [0.2, 0.25) is 0 Å². The molecule has 0 aliphatic carbocycles. The Bertz CT molecular complexity index is 607. The second-order valence-electron chi connectivity index (χ2n) is 4.68. The number of aromatic nitrogens is 2. The lowest BCUT2D eigenvalue weighted by Crippen LogP contribution is -2.10. The van der Waals surface area contributed by atoms with Crippen molar-refractivity contribution in [2.45, 2.75) is 39.2 Å². The molecule has 0 saturated heterocycles. The molecule has 0 unspecified atom stereocenters. The largest absolute Gasteiger partial charge is 0.481 e. The van der Waals surface area contributed by atoms with Gasteiger partial charge in [-0.1, -0.05) is 18.5 Å². The molecule has 1 aromatic heterocycles. The summed E-state index contributed by atoms with van der Waals surface area (Å²) in [6.07, 6.45) is 1.49. The van der Waals surface area contributed by atoms with Crippen LogP contribution in [-0.4, -0.2) is 20.6 Å². The summed E-state index contributed by atoms with van der Waals surface area (Å²) in [5, 5.41) is 9.47. The van der Waals surface area contributed by atoms with Gasteiger partial charge in [-0.15, -0.1) is 0 Å². The van der Waals surface area contributed by atoms with Gasteiger partial charge in [0.1, 0.15) is 5.82 Å². The normalized spacial score (nSPS) is 12.8. The summed E-state index contributed by atoms with van der Waals surface area (Å²) < 4.78 is 2.12. The lowest BCUT2D eigenvalue weighted by molar-refractivity contribution is -0.137. The van der Waals surface area contributed by atoms with Crippen molar-refractivity contribution < 1.29 is 9.90 Å². The second-order valence-corrected chi connectivity index (χ2v) is 5.12. The Morgan fingerprint density at radius 1 is 1.53 bits per heavy atom. The van der Waals surface area contributed by atoms with Crippen molar-refractivity contribution >= 4 is 28.6 Å². The van der Waals surface area contributed by atoms with E-state index < -0.39 is 5.97 Å². The van der Waals surface area contributed by atoms with Crippen LogP contribution in [0.15, 0.2) is 18.2 Å². The number of halogens is 1. The van der Waals surface area contributed by atoms with Gasteiger partial charge >= 0.3 is 5.97 Å². The summed E-state index contributed by atoms with van der Waals surface area (Å²) in [7, 11) is 0. The molecule has 1 heterocycles. The van der Waals surface area contributed by atoms with Crippen LogP contribution in [-0.2, 0) is 11.2 Å². The van der Waals surface area contributed by atoms with Crippen molar-refractivity contribution in [3.05, 3.63) is 29.0 Å². The van der Waals surface area contributed by atoms with E-state index >= 15 is 0 Å². The van der Waals surface area contributed by atoms with Gasteiger partial charge in [0.25, 0.3) is 0 Å². The number of nitrogens with zero attached hydrogens (tertiary/aromatic N) is 2. The zero-order valence-electron chi connectivity index (χ0n) is 11.1. The van der Waals surface area contributed by atoms with Crippen molar-refractivity contribution in [2.24, 2.45) is 0 Å². The van der Waals surface area contributed by atoms with E-state index in [-0.39, 0.29) is 12.5 Å². The number of fused-ring (bicyclic) bond motifs is 1. The first kappa shape index (κ1) is 13.9. The lowest BCUT2D eigenvalue weighted by atomic mass is 10.2. The zero-order chi connectivity index (χ0) is 14.0. The number of benzene rings is 1. The topological polar surface area (TPSA) is 55.1 Å². The van der Waals surface area contributed by atoms with Crippen LogP contribution in [0.5, 0.6) is 0 Å². The second kappa shape index (κ2) is 5.61. The van der Waals surface area contributed by atoms with Gasteiger partial charge in [-0.2, -0.15) is 0 Å². The zero-order valence-corrected chi connectivity index (χ0v) is 11.8. The molecular weight excluding hydrogens is 264 g/mol. The summed E-state index contributed by atoms with van der Waals surface area (Å²) >= 11 is 5.98. The smallest absolute Gasteiger partial charge is 0.303 e. The third kappa shape index (κ3) is 2.89. The minimum atomic E-state index is -0.805. The molecule has 0 amide bonds. The molecule has 0 bridgehead atoms. The summed E-state index contributed by atoms with van der Waals surface area (Å²) in [4.78, 5) is 15.3. The van der Waals surface area contributed by atoms with Crippen LogP contribution in [0.1, 0.15) is 38.6 Å². The van der Waals surface area contributed by atoms with Crippen LogP contribution in [0.4, 0.5) is 0 Å². The molecule has 0 aliphatic heterocycles. The number of carboxylic acid groups (broad SMARTS) is 1. The molecule has 1 N–H and O–H groups in total. The molecule has 19 heavy (non-hydrogen) atoms. The molecule has 1 aromatic carbocycles. The minimum absolute atomic E-state index is 0.0908. The molecule has 102 valence electrons. The fourth-order valence-electron chi connectivity index (χ4n) is 2.19. The molecule has 1 atom stereocenters. The number of hydrogen-bond acceptors (Lipinski definition) is 2. The Hall–Kier alpha value is -1.55. The molecule has 0 saturated carbocycles. The van der Waals surface area contributed by atoms with Crippen molar-refractivity contribution in [1.29, 1.82) is 0 Å². The van der Waals surface area contributed by atoms with Crippen molar-refractivity contribution in [2.75, 3.05) is 0 Å². The Balaban J connectivity index is 2.50. The molecule has 0 aliphatic rings. The highest BCUT2D eigenvalue weighted by Crippen LogP contribution is 2.26. The van der Waals surface area contributed by atoms with Crippen LogP contribution in [0, 0.1) is 0 Å². The van der Waals surface area contributed by atoms with Gasteiger partial charge in [0.15, 0.2) is 0 Å². The maximum atomic E-state index is 10.7. The number of aliphatic carboxylic acids is 1. The van der Waals surface area contributed by atoms with Crippen LogP contribution in [0.3, 0.4) is 0 Å². The van der Waals surface area contributed by atoms with Crippen LogP contribution >= 0.6 is 11.6 Å². The average molecular weight is 281 g/mol. The van der Waals surface area contributed by atoms with Gasteiger partial charge < -0.3 is 9.67 Å². The molecule has 0 radical (unpaired) electrons. The first-order chi connectivity index (χ1) is 9.02. The predicted octanol–water partition coefficient (Wildman–Crippen LogP) is 3.68. The first-order valence-electron chi connectivity index (χ1n) is 6.41. The molecule has 0 spiro atoms. The Morgan fingerprint density at radius 2 is 2.26 bits per heavy atom. The fraction of sp³-hybridized carbons (Fsp3) is 0.429.